The zero-order chi connectivity index (χ0) is 19.4. The summed E-state index contributed by atoms with van der Waals surface area (Å²) in [5.74, 6) is -0.443. The molecule has 158 valence electrons. The smallest absolute Gasteiger partial charge is 0.256 e. The second-order valence-electron chi connectivity index (χ2n) is 7.20. The standard InChI is InChI=1S/C21H26N4O2.2ClH/c1-14-4-7-17(22)11-19(14)21(27)24-18-8-5-15(6-9-18)12-25-10-2-3-16(13-25)20(23)26;;/h4-9,11,16H,2-3,10,12-13,22H2,1H3,(H2,23,26)(H,24,27);2*1H. The summed E-state index contributed by atoms with van der Waals surface area (Å²) in [7, 11) is 0. The van der Waals surface area contributed by atoms with Gasteiger partial charge in [0.15, 0.2) is 0 Å². The maximum absolute atomic E-state index is 12.5. The summed E-state index contributed by atoms with van der Waals surface area (Å²) in [6.45, 7) is 4.33. The molecule has 1 saturated heterocycles. The van der Waals surface area contributed by atoms with Gasteiger partial charge in [-0.1, -0.05) is 18.2 Å². The van der Waals surface area contributed by atoms with E-state index in [4.69, 9.17) is 11.5 Å². The molecule has 1 aliphatic rings. The first-order valence-electron chi connectivity index (χ1n) is 9.20. The summed E-state index contributed by atoms with van der Waals surface area (Å²) >= 11 is 0. The number of anilines is 2. The van der Waals surface area contributed by atoms with E-state index in [0.717, 1.165) is 42.7 Å². The minimum Gasteiger partial charge on any atom is -0.399 e. The Bertz CT molecular complexity index is 843. The van der Waals surface area contributed by atoms with E-state index in [9.17, 15) is 9.59 Å². The number of carbonyl (C=O) groups is 2. The number of rotatable bonds is 5. The Labute approximate surface area is 183 Å². The molecule has 0 aromatic heterocycles. The number of nitrogen functional groups attached to an aromatic ring is 1. The zero-order valence-corrected chi connectivity index (χ0v) is 18.0. The van der Waals surface area contributed by atoms with Crippen LogP contribution in [-0.4, -0.2) is 29.8 Å². The number of nitrogens with two attached hydrogens (primary N) is 2. The predicted octanol–water partition coefficient (Wildman–Crippen LogP) is 3.37. The Morgan fingerprint density at radius 2 is 1.83 bits per heavy atom. The Hall–Kier alpha value is -2.28. The van der Waals surface area contributed by atoms with Crippen LogP contribution < -0.4 is 16.8 Å². The second-order valence-corrected chi connectivity index (χ2v) is 7.20. The Balaban J connectivity index is 0.00000210. The number of nitrogens with one attached hydrogen (secondary N) is 1. The molecule has 1 heterocycles. The average Bonchev–Trinajstić information content (AvgIpc) is 2.65. The highest BCUT2D eigenvalue weighted by atomic mass is 35.5. The maximum Gasteiger partial charge on any atom is 0.256 e. The molecule has 1 fully saturated rings. The first-order chi connectivity index (χ1) is 12.9. The van der Waals surface area contributed by atoms with E-state index in [1.807, 2.05) is 37.3 Å². The fourth-order valence-corrected chi connectivity index (χ4v) is 3.47. The molecule has 0 aliphatic carbocycles. The van der Waals surface area contributed by atoms with Gasteiger partial charge in [0.2, 0.25) is 5.91 Å². The summed E-state index contributed by atoms with van der Waals surface area (Å²) in [5.41, 5.74) is 15.1. The molecule has 2 amide bonds. The van der Waals surface area contributed by atoms with Crippen molar-refractivity contribution in [1.29, 1.82) is 0 Å². The quantitative estimate of drug-likeness (QED) is 0.622. The fraction of sp³-hybridized carbons (Fsp3) is 0.333. The van der Waals surface area contributed by atoms with Gasteiger partial charge in [-0.3, -0.25) is 14.5 Å². The third kappa shape index (κ3) is 6.63. The monoisotopic (exact) mass is 438 g/mol. The lowest BCUT2D eigenvalue weighted by atomic mass is 9.97. The van der Waals surface area contributed by atoms with E-state index >= 15 is 0 Å². The van der Waals surface area contributed by atoms with E-state index in [1.165, 1.54) is 0 Å². The summed E-state index contributed by atoms with van der Waals surface area (Å²) in [4.78, 5) is 26.1. The summed E-state index contributed by atoms with van der Waals surface area (Å²) in [6, 6.07) is 13.1. The molecule has 2 aromatic carbocycles. The number of nitrogens with zero attached hydrogens (tertiary/aromatic N) is 1. The SMILES string of the molecule is Cc1ccc(N)cc1C(=O)Nc1ccc(CN2CCCC(C(N)=O)C2)cc1.Cl.Cl. The molecule has 1 aliphatic heterocycles. The molecule has 5 N–H and O–H groups in total. The van der Waals surface area contributed by atoms with E-state index in [2.05, 4.69) is 10.2 Å². The topological polar surface area (TPSA) is 101 Å². The third-order valence-corrected chi connectivity index (χ3v) is 5.03. The molecule has 3 rings (SSSR count). The first-order valence-corrected chi connectivity index (χ1v) is 9.20. The van der Waals surface area contributed by atoms with Crippen LogP contribution >= 0.6 is 24.8 Å². The van der Waals surface area contributed by atoms with Gasteiger partial charge in [0.1, 0.15) is 0 Å². The summed E-state index contributed by atoms with van der Waals surface area (Å²) < 4.78 is 0. The lowest BCUT2D eigenvalue weighted by Gasteiger charge is -2.31. The van der Waals surface area contributed by atoms with Crippen molar-refractivity contribution >= 4 is 48.0 Å². The van der Waals surface area contributed by atoms with Crippen molar-refractivity contribution in [3.8, 4) is 0 Å². The minimum absolute atomic E-state index is 0. The molecule has 1 unspecified atom stereocenters. The van der Waals surface area contributed by atoms with Crippen LogP contribution in [-0.2, 0) is 11.3 Å². The van der Waals surface area contributed by atoms with Crippen LogP contribution in [0.3, 0.4) is 0 Å². The highest BCUT2D eigenvalue weighted by Crippen LogP contribution is 2.20. The van der Waals surface area contributed by atoms with Crippen molar-refractivity contribution in [3.63, 3.8) is 0 Å². The van der Waals surface area contributed by atoms with Gasteiger partial charge in [-0.15, -0.1) is 24.8 Å². The van der Waals surface area contributed by atoms with Gasteiger partial charge < -0.3 is 16.8 Å². The number of amides is 2. The molecule has 1 atom stereocenters. The predicted molar refractivity (Wildman–Crippen MR) is 122 cm³/mol. The number of hydrogen-bond donors (Lipinski definition) is 3. The van der Waals surface area contributed by atoms with Gasteiger partial charge in [0.05, 0.1) is 5.92 Å². The van der Waals surface area contributed by atoms with Crippen LogP contribution in [0.25, 0.3) is 0 Å². The van der Waals surface area contributed by atoms with Crippen LogP contribution in [0.1, 0.15) is 34.3 Å². The van der Waals surface area contributed by atoms with Crippen LogP contribution in [0.5, 0.6) is 0 Å². The molecule has 0 saturated carbocycles. The number of primary amides is 1. The Morgan fingerprint density at radius 3 is 2.48 bits per heavy atom. The molecule has 6 nitrogen and oxygen atoms in total. The number of likely N-dealkylation sites (tertiary alicyclic amines) is 1. The molecular formula is C21H28Cl2N4O2. The molecule has 0 radical (unpaired) electrons. The van der Waals surface area contributed by atoms with Gasteiger partial charge >= 0.3 is 0 Å². The molecule has 0 bridgehead atoms. The first kappa shape index (κ1) is 24.8. The molecule has 0 spiro atoms. The number of piperidine rings is 1. The lowest BCUT2D eigenvalue weighted by molar-refractivity contribution is -0.123. The van der Waals surface area contributed by atoms with Crippen LogP contribution in [0, 0.1) is 12.8 Å². The fourth-order valence-electron chi connectivity index (χ4n) is 3.47. The number of aryl methyl sites for hydroxylation is 1. The zero-order valence-electron chi connectivity index (χ0n) is 16.4. The number of carbonyl (C=O) groups excluding carboxylic acids is 2. The van der Waals surface area contributed by atoms with Crippen LogP contribution in [0.15, 0.2) is 42.5 Å². The lowest BCUT2D eigenvalue weighted by Crippen LogP contribution is -2.40. The van der Waals surface area contributed by atoms with Crippen LogP contribution in [0.2, 0.25) is 0 Å². The van der Waals surface area contributed by atoms with Crippen molar-refractivity contribution in [2.75, 3.05) is 24.1 Å². The van der Waals surface area contributed by atoms with Crippen molar-refractivity contribution in [2.24, 2.45) is 11.7 Å². The van der Waals surface area contributed by atoms with E-state index in [1.54, 1.807) is 12.1 Å². The highest BCUT2D eigenvalue weighted by Gasteiger charge is 2.23. The average molecular weight is 439 g/mol. The van der Waals surface area contributed by atoms with E-state index < -0.39 is 0 Å². The van der Waals surface area contributed by atoms with Crippen molar-refractivity contribution < 1.29 is 9.59 Å². The van der Waals surface area contributed by atoms with Crippen molar-refractivity contribution in [2.45, 2.75) is 26.3 Å². The minimum atomic E-state index is -0.213. The Morgan fingerprint density at radius 1 is 1.14 bits per heavy atom. The highest BCUT2D eigenvalue weighted by molar-refractivity contribution is 6.05. The normalized spacial score (nSPS) is 16.2. The third-order valence-electron chi connectivity index (χ3n) is 5.03. The van der Waals surface area contributed by atoms with Gasteiger partial charge in [-0.25, -0.2) is 0 Å². The second kappa shape index (κ2) is 11.0. The number of benzene rings is 2. The number of hydrogen-bond acceptors (Lipinski definition) is 4. The molecular weight excluding hydrogens is 411 g/mol. The maximum atomic E-state index is 12.5. The summed E-state index contributed by atoms with van der Waals surface area (Å²) in [5, 5.41) is 2.91. The van der Waals surface area contributed by atoms with Crippen molar-refractivity contribution in [1.82, 2.24) is 4.90 Å². The van der Waals surface area contributed by atoms with E-state index in [0.29, 0.717) is 17.8 Å². The molecule has 8 heteroatoms. The van der Waals surface area contributed by atoms with Crippen LogP contribution in [0.4, 0.5) is 11.4 Å². The largest absolute Gasteiger partial charge is 0.399 e. The number of halogens is 2. The van der Waals surface area contributed by atoms with Gasteiger partial charge in [-0.05, 0) is 61.7 Å². The molecule has 29 heavy (non-hydrogen) atoms. The van der Waals surface area contributed by atoms with Gasteiger partial charge in [0.25, 0.3) is 5.91 Å². The van der Waals surface area contributed by atoms with Gasteiger partial charge in [0, 0.05) is 30.0 Å². The Kier molecular flexibility index (Phi) is 9.43. The van der Waals surface area contributed by atoms with E-state index in [-0.39, 0.29) is 42.5 Å². The summed E-state index contributed by atoms with van der Waals surface area (Å²) in [6.07, 6.45) is 1.86. The van der Waals surface area contributed by atoms with Crippen molar-refractivity contribution in [3.05, 3.63) is 59.2 Å². The molecule has 2 aromatic rings. The van der Waals surface area contributed by atoms with Gasteiger partial charge in [-0.2, -0.15) is 0 Å².